The maximum atomic E-state index is 16.0. The second kappa shape index (κ2) is 14.2. The van der Waals surface area contributed by atoms with E-state index in [4.69, 9.17) is 23.7 Å². The van der Waals surface area contributed by atoms with Crippen molar-refractivity contribution in [2.24, 2.45) is 40.9 Å². The van der Waals surface area contributed by atoms with Crippen molar-refractivity contribution in [1.29, 1.82) is 0 Å². The number of carbonyl (C=O) groups is 7. The molecule has 3 heterocycles. The molecule has 2 fully saturated rings. The number of esters is 4. The third-order valence-corrected chi connectivity index (χ3v) is 11.9. The van der Waals surface area contributed by atoms with Gasteiger partial charge in [0.2, 0.25) is 11.7 Å². The maximum absolute atomic E-state index is 16.0. The van der Waals surface area contributed by atoms with Crippen LogP contribution in [0.2, 0.25) is 0 Å². The number of hydrogen-bond acceptors (Lipinski definition) is 12. The molecule has 6 rings (SSSR count). The van der Waals surface area contributed by atoms with Crippen molar-refractivity contribution in [2.45, 2.75) is 113 Å². The lowest BCUT2D eigenvalue weighted by molar-refractivity contribution is -0.158. The van der Waals surface area contributed by atoms with E-state index in [1.165, 1.54) is 6.92 Å². The lowest BCUT2D eigenvalue weighted by atomic mass is 9.51. The minimum atomic E-state index is -1.64. The molecule has 54 heavy (non-hydrogen) atoms. The predicted molar refractivity (Wildman–Crippen MR) is 191 cm³/mol. The number of ketones is 2. The van der Waals surface area contributed by atoms with E-state index in [-0.39, 0.29) is 52.7 Å². The van der Waals surface area contributed by atoms with Crippen LogP contribution in [0.3, 0.4) is 0 Å². The first-order chi connectivity index (χ1) is 25.3. The van der Waals surface area contributed by atoms with Crippen molar-refractivity contribution in [2.75, 3.05) is 0 Å². The van der Waals surface area contributed by atoms with Crippen molar-refractivity contribution in [3.8, 4) is 17.2 Å². The number of benzene rings is 1. The molecule has 3 aliphatic heterocycles. The van der Waals surface area contributed by atoms with E-state index in [0.717, 1.165) is 31.9 Å². The van der Waals surface area contributed by atoms with Gasteiger partial charge in [-0.2, -0.15) is 0 Å². The molecule has 290 valence electrons. The predicted octanol–water partition coefficient (Wildman–Crippen LogP) is 5.30. The van der Waals surface area contributed by atoms with Crippen molar-refractivity contribution in [3.05, 3.63) is 40.0 Å². The normalized spacial score (nSPS) is 32.6. The highest BCUT2D eigenvalue weighted by Gasteiger charge is 2.71. The summed E-state index contributed by atoms with van der Waals surface area (Å²) in [6.07, 6.45) is 1.26. The SMILES string of the molecule is CC(=O)Oc1c(C)c2c(c(OC(C)=O)c1OC(C)=O)[C@H]1O[C@@H]2[C@H]2C(=O)[C@@]34C(=O)N[C@@H](CC(C)C)[C@@H]3[C@H](C)C(C)=C[C@@H]4C=C(C)CC[C@@H](OC(C)=O)C(=O)[C@@H]21. The molecule has 1 aromatic rings. The molecule has 0 radical (unpaired) electrons. The Hall–Kier alpha value is -4.65. The Morgan fingerprint density at radius 1 is 0.833 bits per heavy atom. The fourth-order valence-electron chi connectivity index (χ4n) is 9.91. The molecule has 13 heteroatoms. The minimum Gasteiger partial charge on any atom is -0.455 e. The van der Waals surface area contributed by atoms with Crippen LogP contribution in [0.15, 0.2) is 23.3 Å². The summed E-state index contributed by atoms with van der Waals surface area (Å²) < 4.78 is 29.1. The molecule has 1 spiro atoms. The molecule has 0 unspecified atom stereocenters. The third-order valence-electron chi connectivity index (χ3n) is 11.9. The molecule has 0 saturated carbocycles. The van der Waals surface area contributed by atoms with Crippen molar-refractivity contribution >= 4 is 41.4 Å². The average molecular weight is 748 g/mol. The van der Waals surface area contributed by atoms with E-state index < -0.39 is 88.7 Å². The van der Waals surface area contributed by atoms with Crippen LogP contribution < -0.4 is 19.5 Å². The number of rotatable bonds is 6. The smallest absolute Gasteiger partial charge is 0.308 e. The van der Waals surface area contributed by atoms with Crippen molar-refractivity contribution in [3.63, 3.8) is 0 Å². The number of fused-ring (bicyclic) bond motifs is 8. The highest BCUT2D eigenvalue weighted by atomic mass is 16.6. The standard InChI is InChI=1S/C41H49NO12/c1-16(2)13-26-32-19(5)18(4)15-25-14-17(3)11-12-27(50-21(7)43)33(47)29-31(39(48)41(25,32)40(49)42-26)35-28-20(6)34(51-22(8)44)38(53-24(10)46)37(52-23(9)45)30(28)36(29)54-35/h14-16,19,25-27,29,31-32,35-36H,11-13H2,1-10H3,(H,42,49)/t19-,25+,26+,27-,29-,31+,32+,35+,36+,41+/m1/s1. The summed E-state index contributed by atoms with van der Waals surface area (Å²) in [5.41, 5.74) is 0.972. The van der Waals surface area contributed by atoms with Gasteiger partial charge in [0.25, 0.3) is 0 Å². The monoisotopic (exact) mass is 747 g/mol. The lowest BCUT2D eigenvalue weighted by Crippen LogP contribution is -2.56. The van der Waals surface area contributed by atoms with Crippen LogP contribution in [-0.4, -0.2) is 53.5 Å². The van der Waals surface area contributed by atoms with Crippen LogP contribution in [0.25, 0.3) is 0 Å². The first-order valence-electron chi connectivity index (χ1n) is 18.6. The van der Waals surface area contributed by atoms with E-state index in [1.807, 2.05) is 32.9 Å². The fraction of sp³-hybridized carbons (Fsp3) is 0.585. The molecule has 1 amide bonds. The summed E-state index contributed by atoms with van der Waals surface area (Å²) in [7, 11) is 0. The zero-order valence-corrected chi connectivity index (χ0v) is 32.4. The van der Waals surface area contributed by atoms with Gasteiger partial charge in [-0.05, 0) is 57.4 Å². The second-order valence-corrected chi connectivity index (χ2v) is 16.0. The summed E-state index contributed by atoms with van der Waals surface area (Å²) in [5.74, 6) is -9.16. The van der Waals surface area contributed by atoms with Crippen LogP contribution in [-0.2, 0) is 43.0 Å². The number of allylic oxidation sites excluding steroid dienone is 4. The van der Waals surface area contributed by atoms with Gasteiger partial charge in [-0.3, -0.25) is 33.6 Å². The summed E-state index contributed by atoms with van der Waals surface area (Å²) in [5, 5.41) is 3.22. The van der Waals surface area contributed by atoms with Crippen LogP contribution in [0.5, 0.6) is 17.2 Å². The molecule has 5 aliphatic rings. The van der Waals surface area contributed by atoms with Crippen molar-refractivity contribution < 1.29 is 57.2 Å². The quantitative estimate of drug-likeness (QED) is 0.172. The molecule has 1 N–H and O–H groups in total. The molecule has 2 saturated heterocycles. The molecule has 2 bridgehead atoms. The lowest BCUT2D eigenvalue weighted by Gasteiger charge is -2.47. The van der Waals surface area contributed by atoms with E-state index in [2.05, 4.69) is 19.2 Å². The van der Waals surface area contributed by atoms with Crippen LogP contribution in [0, 0.1) is 47.8 Å². The number of Topliss-reactive ketones (excluding diaryl/α,β-unsaturated/α-hetero) is 2. The molecule has 0 aromatic heterocycles. The molecule has 2 aliphatic carbocycles. The van der Waals surface area contributed by atoms with Crippen LogP contribution in [0.4, 0.5) is 0 Å². The average Bonchev–Trinajstić information content (AvgIpc) is 3.71. The van der Waals surface area contributed by atoms with Crippen molar-refractivity contribution in [1.82, 2.24) is 5.32 Å². The number of ether oxygens (including phenoxy) is 5. The summed E-state index contributed by atoms with van der Waals surface area (Å²) in [4.78, 5) is 95.8. The number of hydrogen-bond donors (Lipinski definition) is 1. The Morgan fingerprint density at radius 2 is 1.43 bits per heavy atom. The Morgan fingerprint density at radius 3 is 2.02 bits per heavy atom. The van der Waals surface area contributed by atoms with Crippen LogP contribution in [0.1, 0.15) is 110 Å². The Bertz CT molecular complexity index is 1920. The largest absolute Gasteiger partial charge is 0.455 e. The topological polar surface area (TPSA) is 178 Å². The highest BCUT2D eigenvalue weighted by molar-refractivity contribution is 6.12. The molecular formula is C41H49NO12. The highest BCUT2D eigenvalue weighted by Crippen LogP contribution is 2.67. The molecule has 13 nitrogen and oxygen atoms in total. The van der Waals surface area contributed by atoms with Gasteiger partial charge in [-0.1, -0.05) is 44.1 Å². The Labute approximate surface area is 314 Å². The van der Waals surface area contributed by atoms with E-state index in [0.29, 0.717) is 18.4 Å². The Kier molecular flexibility index (Phi) is 10.3. The summed E-state index contributed by atoms with van der Waals surface area (Å²) >= 11 is 0. The number of carbonyl (C=O) groups excluding carboxylic acids is 7. The summed E-state index contributed by atoms with van der Waals surface area (Å²) in [6.45, 7) is 16.2. The van der Waals surface area contributed by atoms with Gasteiger partial charge in [0.15, 0.2) is 29.2 Å². The molecular weight excluding hydrogens is 698 g/mol. The second-order valence-electron chi connectivity index (χ2n) is 16.0. The van der Waals surface area contributed by atoms with Gasteiger partial charge >= 0.3 is 23.9 Å². The minimum absolute atomic E-state index is 0.104. The molecule has 10 atom stereocenters. The number of amides is 1. The van der Waals surface area contributed by atoms with Gasteiger partial charge in [-0.25, -0.2) is 0 Å². The Balaban J connectivity index is 1.67. The first kappa shape index (κ1) is 39.1. The van der Waals surface area contributed by atoms with Gasteiger partial charge in [-0.15, -0.1) is 0 Å². The molecule has 1 aromatic carbocycles. The maximum Gasteiger partial charge on any atom is 0.308 e. The third kappa shape index (κ3) is 6.17. The number of nitrogens with one attached hydrogen (secondary N) is 1. The van der Waals surface area contributed by atoms with Crippen LogP contribution >= 0.6 is 0 Å². The van der Waals surface area contributed by atoms with Gasteiger partial charge in [0.05, 0.1) is 24.0 Å². The van der Waals surface area contributed by atoms with Gasteiger partial charge in [0.1, 0.15) is 5.41 Å². The zero-order valence-electron chi connectivity index (χ0n) is 32.4. The van der Waals surface area contributed by atoms with E-state index >= 15 is 4.79 Å². The van der Waals surface area contributed by atoms with Gasteiger partial charge < -0.3 is 29.0 Å². The van der Waals surface area contributed by atoms with E-state index in [1.54, 1.807) is 6.92 Å². The fourth-order valence-corrected chi connectivity index (χ4v) is 9.91. The zero-order chi connectivity index (χ0) is 39.7. The first-order valence-corrected chi connectivity index (χ1v) is 18.6. The van der Waals surface area contributed by atoms with E-state index in [9.17, 15) is 28.8 Å². The van der Waals surface area contributed by atoms with Gasteiger partial charge in [0, 0.05) is 56.7 Å². The summed E-state index contributed by atoms with van der Waals surface area (Å²) in [6, 6.07) is -0.338.